The van der Waals surface area contributed by atoms with Crippen LogP contribution < -0.4 is 0 Å². The summed E-state index contributed by atoms with van der Waals surface area (Å²) < 4.78 is 0. The van der Waals surface area contributed by atoms with Crippen LogP contribution in [0, 0.1) is 6.92 Å². The van der Waals surface area contributed by atoms with Gasteiger partial charge in [0.05, 0.1) is 5.56 Å². The largest absolute Gasteiger partial charge is 0.338 e. The smallest absolute Gasteiger partial charge is 0.254 e. The third-order valence-electron chi connectivity index (χ3n) is 3.93. The molecule has 1 fully saturated rings. The van der Waals surface area contributed by atoms with Crippen LogP contribution in [0.1, 0.15) is 33.2 Å². The van der Waals surface area contributed by atoms with Crippen molar-refractivity contribution < 1.29 is 4.79 Å². The van der Waals surface area contributed by atoms with Crippen molar-refractivity contribution in [3.05, 3.63) is 57.8 Å². The summed E-state index contributed by atoms with van der Waals surface area (Å²) in [6.45, 7) is 3.87. The maximum atomic E-state index is 12.4. The van der Waals surface area contributed by atoms with Crippen LogP contribution in [0.2, 0.25) is 0 Å². The van der Waals surface area contributed by atoms with Crippen LogP contribution in [0.5, 0.6) is 0 Å². The molecule has 21 heavy (non-hydrogen) atoms. The van der Waals surface area contributed by atoms with Gasteiger partial charge < -0.3 is 4.90 Å². The normalized spacial score (nSPS) is 19.3. The number of hydrogen-bond donors (Lipinski definition) is 0. The molecule has 0 aliphatic carbocycles. The molecule has 1 atom stereocenters. The van der Waals surface area contributed by atoms with Gasteiger partial charge in [0.2, 0.25) is 0 Å². The number of carbonyl (C=O) groups excluding carboxylic acids is 1. The van der Waals surface area contributed by atoms with Gasteiger partial charge in [0.25, 0.3) is 5.91 Å². The summed E-state index contributed by atoms with van der Waals surface area (Å²) >= 11 is 3.56. The molecule has 1 aliphatic rings. The number of rotatable bonds is 2. The molecule has 2 aromatic rings. The van der Waals surface area contributed by atoms with Crippen molar-refractivity contribution in [2.24, 2.45) is 0 Å². The fourth-order valence-electron chi connectivity index (χ4n) is 2.74. The van der Waals surface area contributed by atoms with Crippen molar-refractivity contribution in [1.82, 2.24) is 4.90 Å². The predicted octanol–water partition coefficient (Wildman–Crippen LogP) is 4.38. The van der Waals surface area contributed by atoms with Gasteiger partial charge in [-0.1, -0.05) is 24.3 Å². The van der Waals surface area contributed by atoms with Gasteiger partial charge in [-0.3, -0.25) is 4.79 Å². The average molecular weight is 317 g/mol. The van der Waals surface area contributed by atoms with Crippen molar-refractivity contribution in [2.45, 2.75) is 18.6 Å². The van der Waals surface area contributed by atoms with Crippen molar-refractivity contribution in [2.75, 3.05) is 18.8 Å². The fourth-order valence-corrected chi connectivity index (χ4v) is 4.69. The van der Waals surface area contributed by atoms with Crippen molar-refractivity contribution in [3.63, 3.8) is 0 Å². The first-order chi connectivity index (χ1) is 10.3. The number of nitrogens with zero attached hydrogens (tertiary/aromatic N) is 1. The average Bonchev–Trinajstić information content (AvgIpc) is 2.92. The van der Waals surface area contributed by atoms with Crippen molar-refractivity contribution >= 4 is 29.0 Å². The van der Waals surface area contributed by atoms with Gasteiger partial charge in [0.1, 0.15) is 0 Å². The molecule has 1 saturated heterocycles. The monoisotopic (exact) mass is 317 g/mol. The highest BCUT2D eigenvalue weighted by Gasteiger charge is 2.23. The Morgan fingerprint density at radius 1 is 1.24 bits per heavy atom. The minimum absolute atomic E-state index is 0.183. The second-order valence-corrected chi connectivity index (χ2v) is 7.40. The third-order valence-corrected chi connectivity index (χ3v) is 5.93. The van der Waals surface area contributed by atoms with E-state index in [0.29, 0.717) is 5.25 Å². The van der Waals surface area contributed by atoms with E-state index < -0.39 is 0 Å². The molecule has 1 amide bonds. The van der Waals surface area contributed by atoms with Gasteiger partial charge in [0, 0.05) is 29.5 Å². The van der Waals surface area contributed by atoms with E-state index in [4.69, 9.17) is 0 Å². The van der Waals surface area contributed by atoms with Crippen molar-refractivity contribution in [1.29, 1.82) is 0 Å². The molecule has 1 aromatic carbocycles. The van der Waals surface area contributed by atoms with Gasteiger partial charge in [-0.2, -0.15) is 23.1 Å². The lowest BCUT2D eigenvalue weighted by atomic mass is 10.0. The molecule has 0 N–H and O–H groups in total. The maximum Gasteiger partial charge on any atom is 0.254 e. The van der Waals surface area contributed by atoms with Gasteiger partial charge in [0.15, 0.2) is 0 Å². The van der Waals surface area contributed by atoms with E-state index in [0.717, 1.165) is 30.8 Å². The van der Waals surface area contributed by atoms with Crippen molar-refractivity contribution in [3.8, 4) is 0 Å². The highest BCUT2D eigenvalue weighted by Crippen LogP contribution is 2.36. The van der Waals surface area contributed by atoms with E-state index in [1.54, 1.807) is 11.3 Å². The zero-order chi connectivity index (χ0) is 14.7. The highest BCUT2D eigenvalue weighted by molar-refractivity contribution is 7.99. The minimum atomic E-state index is 0.183. The summed E-state index contributed by atoms with van der Waals surface area (Å²) in [5, 5.41) is 4.42. The highest BCUT2D eigenvalue weighted by atomic mass is 32.2. The molecule has 0 bridgehead atoms. The quantitative estimate of drug-likeness (QED) is 0.819. The summed E-state index contributed by atoms with van der Waals surface area (Å²) in [4.78, 5) is 14.5. The topological polar surface area (TPSA) is 20.3 Å². The Hall–Kier alpha value is -1.26. The Balaban J connectivity index is 1.70. The summed E-state index contributed by atoms with van der Waals surface area (Å²) in [5.74, 6) is 1.19. The van der Waals surface area contributed by atoms with Crippen LogP contribution >= 0.6 is 23.1 Å². The number of aryl methyl sites for hydroxylation is 1. The first-order valence-electron chi connectivity index (χ1n) is 7.24. The zero-order valence-electron chi connectivity index (χ0n) is 12.1. The fraction of sp³-hybridized carbons (Fsp3) is 0.353. The number of thioether (sulfide) groups is 1. The lowest BCUT2D eigenvalue weighted by Gasteiger charge is -2.20. The number of hydrogen-bond acceptors (Lipinski definition) is 3. The first-order valence-corrected chi connectivity index (χ1v) is 9.23. The Morgan fingerprint density at radius 2 is 2.10 bits per heavy atom. The van der Waals surface area contributed by atoms with E-state index in [1.807, 2.05) is 33.5 Å². The lowest BCUT2D eigenvalue weighted by molar-refractivity contribution is 0.0767. The molecular weight excluding hydrogens is 298 g/mol. The van der Waals surface area contributed by atoms with E-state index in [-0.39, 0.29) is 5.91 Å². The van der Waals surface area contributed by atoms with E-state index >= 15 is 0 Å². The molecule has 1 unspecified atom stereocenters. The Bertz CT molecular complexity index is 609. The minimum Gasteiger partial charge on any atom is -0.338 e. The molecule has 1 aromatic heterocycles. The predicted molar refractivity (Wildman–Crippen MR) is 91.2 cm³/mol. The molecule has 1 aliphatic heterocycles. The Kier molecular flexibility index (Phi) is 4.66. The first kappa shape index (κ1) is 14.7. The van der Waals surface area contributed by atoms with Crippen LogP contribution in [0.4, 0.5) is 0 Å². The molecule has 2 nitrogen and oxygen atoms in total. The van der Waals surface area contributed by atoms with Crippen LogP contribution in [0.3, 0.4) is 0 Å². The maximum absolute atomic E-state index is 12.4. The number of carbonyl (C=O) groups is 1. The standard InChI is InChI=1S/C17H19NOS2/c1-13-4-2-3-5-15(13)16-6-8-18(9-11-21-16)17(19)14-7-10-20-12-14/h2-5,7,10,12,16H,6,8-9,11H2,1H3. The number of benzene rings is 1. The van der Waals surface area contributed by atoms with Crippen LogP contribution in [0.15, 0.2) is 41.1 Å². The van der Waals surface area contributed by atoms with E-state index in [9.17, 15) is 4.79 Å². The number of amides is 1. The van der Waals surface area contributed by atoms with Crippen LogP contribution in [0.25, 0.3) is 0 Å². The summed E-state index contributed by atoms with van der Waals surface area (Å²) in [5.41, 5.74) is 3.61. The van der Waals surface area contributed by atoms with Crippen LogP contribution in [-0.4, -0.2) is 29.6 Å². The van der Waals surface area contributed by atoms with E-state index in [2.05, 4.69) is 31.2 Å². The lowest BCUT2D eigenvalue weighted by Crippen LogP contribution is -2.32. The van der Waals surface area contributed by atoms with Crippen LogP contribution in [-0.2, 0) is 0 Å². The summed E-state index contributed by atoms with van der Waals surface area (Å²) in [7, 11) is 0. The molecule has 3 rings (SSSR count). The zero-order valence-corrected chi connectivity index (χ0v) is 13.8. The number of thiophene rings is 1. The molecule has 0 radical (unpaired) electrons. The van der Waals surface area contributed by atoms with E-state index in [1.165, 1.54) is 11.1 Å². The molecule has 0 saturated carbocycles. The van der Waals surface area contributed by atoms with Gasteiger partial charge >= 0.3 is 0 Å². The second kappa shape index (κ2) is 6.67. The van der Waals surface area contributed by atoms with Gasteiger partial charge in [-0.25, -0.2) is 0 Å². The van der Waals surface area contributed by atoms with Gasteiger partial charge in [-0.05, 0) is 35.9 Å². The summed E-state index contributed by atoms with van der Waals surface area (Å²) in [6.07, 6.45) is 1.03. The second-order valence-electron chi connectivity index (χ2n) is 5.31. The Morgan fingerprint density at radius 3 is 2.86 bits per heavy atom. The molecule has 4 heteroatoms. The molecule has 110 valence electrons. The van der Waals surface area contributed by atoms with Gasteiger partial charge in [-0.15, -0.1) is 0 Å². The molecule has 0 spiro atoms. The molecular formula is C17H19NOS2. The SMILES string of the molecule is Cc1ccccc1C1CCN(C(=O)c2ccsc2)CCS1. The third kappa shape index (κ3) is 3.33. The Labute approximate surface area is 134 Å². The summed E-state index contributed by atoms with van der Waals surface area (Å²) in [6, 6.07) is 10.5. The molecule has 2 heterocycles.